The predicted molar refractivity (Wildman–Crippen MR) is 87.3 cm³/mol. The van der Waals surface area contributed by atoms with E-state index >= 15 is 0 Å². The Morgan fingerprint density at radius 2 is 2.10 bits per heavy atom. The van der Waals surface area contributed by atoms with Gasteiger partial charge in [-0.05, 0) is 30.9 Å². The van der Waals surface area contributed by atoms with Crippen LogP contribution in [0, 0.1) is 5.92 Å². The van der Waals surface area contributed by atoms with Crippen molar-refractivity contribution in [1.82, 2.24) is 4.57 Å². The summed E-state index contributed by atoms with van der Waals surface area (Å²) in [5, 5.41) is 0. The van der Waals surface area contributed by atoms with Gasteiger partial charge in [0.1, 0.15) is 0 Å². The third-order valence-electron chi connectivity index (χ3n) is 4.45. The van der Waals surface area contributed by atoms with Gasteiger partial charge in [0.25, 0.3) is 5.91 Å². The van der Waals surface area contributed by atoms with Gasteiger partial charge in [-0.2, -0.15) is 4.99 Å². The molecule has 1 amide bonds. The molecule has 4 heteroatoms. The molecule has 0 radical (unpaired) electrons. The Morgan fingerprint density at radius 1 is 1.33 bits per heavy atom. The Labute approximate surface area is 129 Å². The molecule has 1 heterocycles. The summed E-state index contributed by atoms with van der Waals surface area (Å²) >= 11 is 1.62. The first-order chi connectivity index (χ1) is 10.2. The second-order valence-electron chi connectivity index (χ2n) is 5.85. The fraction of sp³-hybridized carbons (Fsp3) is 0.529. The molecule has 0 unspecified atom stereocenters. The summed E-state index contributed by atoms with van der Waals surface area (Å²) < 4.78 is 3.30. The van der Waals surface area contributed by atoms with Crippen molar-refractivity contribution in [3.05, 3.63) is 28.6 Å². The maximum absolute atomic E-state index is 12.4. The topological polar surface area (TPSA) is 34.4 Å². The van der Waals surface area contributed by atoms with E-state index in [1.807, 2.05) is 7.05 Å². The number of aryl methyl sites for hydroxylation is 2. The molecule has 0 bridgehead atoms. The zero-order chi connectivity index (χ0) is 14.8. The quantitative estimate of drug-likeness (QED) is 0.830. The number of para-hydroxylation sites is 1. The molecule has 0 aliphatic heterocycles. The van der Waals surface area contributed by atoms with E-state index in [1.165, 1.54) is 35.0 Å². The number of hydrogen-bond donors (Lipinski definition) is 0. The lowest BCUT2D eigenvalue weighted by molar-refractivity contribution is -0.122. The zero-order valence-electron chi connectivity index (χ0n) is 12.8. The van der Waals surface area contributed by atoms with Gasteiger partial charge in [-0.1, -0.05) is 49.7 Å². The largest absolute Gasteiger partial charge is 0.319 e. The van der Waals surface area contributed by atoms with Crippen LogP contribution < -0.4 is 4.80 Å². The number of thiazole rings is 1. The smallest absolute Gasteiger partial charge is 0.251 e. The Morgan fingerprint density at radius 3 is 2.81 bits per heavy atom. The van der Waals surface area contributed by atoms with Crippen molar-refractivity contribution in [2.75, 3.05) is 0 Å². The van der Waals surface area contributed by atoms with E-state index in [0.29, 0.717) is 0 Å². The van der Waals surface area contributed by atoms with E-state index < -0.39 is 0 Å². The minimum Gasteiger partial charge on any atom is -0.319 e. The number of rotatable bonds is 2. The highest BCUT2D eigenvalue weighted by atomic mass is 32.1. The van der Waals surface area contributed by atoms with Crippen molar-refractivity contribution >= 4 is 27.5 Å². The fourth-order valence-electron chi connectivity index (χ4n) is 3.21. The zero-order valence-corrected chi connectivity index (χ0v) is 13.6. The minimum atomic E-state index is 0.0786. The average molecular weight is 302 g/mol. The van der Waals surface area contributed by atoms with Crippen LogP contribution in [0.15, 0.2) is 23.2 Å². The summed E-state index contributed by atoms with van der Waals surface area (Å²) in [5.74, 6) is 0.226. The van der Waals surface area contributed by atoms with Crippen LogP contribution in [-0.2, 0) is 18.3 Å². The lowest BCUT2D eigenvalue weighted by Gasteiger charge is -2.17. The lowest BCUT2D eigenvalue weighted by Crippen LogP contribution is -2.20. The molecule has 0 atom stereocenters. The van der Waals surface area contributed by atoms with Gasteiger partial charge in [0, 0.05) is 13.0 Å². The summed E-state index contributed by atoms with van der Waals surface area (Å²) in [6, 6.07) is 6.36. The van der Waals surface area contributed by atoms with Crippen molar-refractivity contribution in [1.29, 1.82) is 0 Å². The second-order valence-corrected chi connectivity index (χ2v) is 6.86. The number of nitrogens with zero attached hydrogens (tertiary/aromatic N) is 2. The van der Waals surface area contributed by atoms with Gasteiger partial charge in [-0.25, -0.2) is 0 Å². The molecule has 0 spiro atoms. The molecule has 0 saturated heterocycles. The summed E-state index contributed by atoms with van der Waals surface area (Å²) in [6.45, 7) is 2.16. The first-order valence-electron chi connectivity index (χ1n) is 7.86. The molecule has 2 aromatic rings. The number of aromatic nitrogens is 1. The van der Waals surface area contributed by atoms with E-state index in [-0.39, 0.29) is 11.8 Å². The number of hydrogen-bond acceptors (Lipinski definition) is 2. The van der Waals surface area contributed by atoms with Crippen LogP contribution in [0.1, 0.15) is 44.6 Å². The van der Waals surface area contributed by atoms with Crippen molar-refractivity contribution in [3.8, 4) is 0 Å². The Kier molecular flexibility index (Phi) is 4.24. The van der Waals surface area contributed by atoms with Gasteiger partial charge >= 0.3 is 0 Å². The molecule has 1 fully saturated rings. The maximum atomic E-state index is 12.4. The van der Waals surface area contributed by atoms with E-state index in [2.05, 4.69) is 34.7 Å². The second kappa shape index (κ2) is 6.14. The summed E-state index contributed by atoms with van der Waals surface area (Å²) in [7, 11) is 2.02. The van der Waals surface area contributed by atoms with Gasteiger partial charge in [0.15, 0.2) is 4.80 Å². The van der Waals surface area contributed by atoms with E-state index in [0.717, 1.165) is 24.1 Å². The van der Waals surface area contributed by atoms with Gasteiger partial charge in [0.05, 0.1) is 10.2 Å². The standard InChI is InChI=1S/C17H22N2OS/c1-3-12-10-7-11-14-15(12)19(2)17(21-14)18-16(20)13-8-5-4-6-9-13/h7,10-11,13H,3-6,8-9H2,1-2H3. The highest BCUT2D eigenvalue weighted by Gasteiger charge is 2.20. The third-order valence-corrected chi connectivity index (χ3v) is 5.54. The fourth-order valence-corrected chi connectivity index (χ4v) is 4.28. The van der Waals surface area contributed by atoms with Crippen LogP contribution in [0.5, 0.6) is 0 Å². The van der Waals surface area contributed by atoms with Gasteiger partial charge in [-0.15, -0.1) is 0 Å². The number of fused-ring (bicyclic) bond motifs is 1. The van der Waals surface area contributed by atoms with Crippen LogP contribution >= 0.6 is 11.3 Å². The Balaban J connectivity index is 2.02. The highest BCUT2D eigenvalue weighted by Crippen LogP contribution is 2.25. The van der Waals surface area contributed by atoms with Crippen LogP contribution in [-0.4, -0.2) is 10.5 Å². The predicted octanol–water partition coefficient (Wildman–Crippen LogP) is 3.81. The number of carbonyl (C=O) groups excluding carboxylic acids is 1. The van der Waals surface area contributed by atoms with Crippen LogP contribution in [0.25, 0.3) is 10.2 Å². The SMILES string of the molecule is CCc1cccc2sc(=NC(=O)C3CCCCC3)n(C)c12. The molecule has 3 rings (SSSR count). The normalized spacial score (nSPS) is 17.5. The molecule has 3 nitrogen and oxygen atoms in total. The van der Waals surface area contributed by atoms with E-state index in [9.17, 15) is 4.79 Å². The number of carbonyl (C=O) groups is 1. The maximum Gasteiger partial charge on any atom is 0.251 e. The lowest BCUT2D eigenvalue weighted by atomic mass is 9.89. The minimum absolute atomic E-state index is 0.0786. The van der Waals surface area contributed by atoms with Crippen LogP contribution in [0.2, 0.25) is 0 Å². The van der Waals surface area contributed by atoms with E-state index in [1.54, 1.807) is 11.3 Å². The van der Waals surface area contributed by atoms with Crippen molar-refractivity contribution in [3.63, 3.8) is 0 Å². The van der Waals surface area contributed by atoms with Crippen molar-refractivity contribution in [2.45, 2.75) is 45.4 Å². The number of amides is 1. The monoisotopic (exact) mass is 302 g/mol. The molecular weight excluding hydrogens is 280 g/mol. The molecule has 1 aromatic carbocycles. The molecule has 21 heavy (non-hydrogen) atoms. The first kappa shape index (κ1) is 14.5. The summed E-state index contributed by atoms with van der Waals surface area (Å²) in [5.41, 5.74) is 2.54. The molecule has 1 saturated carbocycles. The molecule has 1 aliphatic carbocycles. The average Bonchev–Trinajstić information content (AvgIpc) is 2.84. The van der Waals surface area contributed by atoms with Crippen LogP contribution in [0.3, 0.4) is 0 Å². The first-order valence-corrected chi connectivity index (χ1v) is 8.68. The molecular formula is C17H22N2OS. The van der Waals surface area contributed by atoms with Gasteiger partial charge in [-0.3, -0.25) is 4.79 Å². The van der Waals surface area contributed by atoms with E-state index in [4.69, 9.17) is 0 Å². The molecule has 1 aromatic heterocycles. The van der Waals surface area contributed by atoms with Crippen molar-refractivity contribution < 1.29 is 4.79 Å². The highest BCUT2D eigenvalue weighted by molar-refractivity contribution is 7.16. The number of benzene rings is 1. The Bertz CT molecular complexity index is 720. The molecule has 112 valence electrons. The molecule has 1 aliphatic rings. The van der Waals surface area contributed by atoms with Crippen molar-refractivity contribution in [2.24, 2.45) is 18.0 Å². The molecule has 0 N–H and O–H groups in total. The summed E-state index contributed by atoms with van der Waals surface area (Å²) in [6.07, 6.45) is 6.63. The summed E-state index contributed by atoms with van der Waals surface area (Å²) in [4.78, 5) is 17.6. The van der Waals surface area contributed by atoms with Gasteiger partial charge in [0.2, 0.25) is 0 Å². The van der Waals surface area contributed by atoms with Crippen LogP contribution in [0.4, 0.5) is 0 Å². The third kappa shape index (κ3) is 2.82. The van der Waals surface area contributed by atoms with Gasteiger partial charge < -0.3 is 4.57 Å². The Hall–Kier alpha value is -1.42.